The molecule has 2 aromatic carbocycles. The Kier molecular flexibility index (Phi) is 15.2. The van der Waals surface area contributed by atoms with E-state index in [0.717, 1.165) is 5.69 Å². The van der Waals surface area contributed by atoms with Gasteiger partial charge in [0.25, 0.3) is 0 Å². The Morgan fingerprint density at radius 2 is 1.45 bits per heavy atom. The fourth-order valence-electron chi connectivity index (χ4n) is 5.21. The summed E-state index contributed by atoms with van der Waals surface area (Å²) in [4.78, 5) is 25.6. The van der Waals surface area contributed by atoms with Crippen LogP contribution in [0, 0.1) is 0 Å². The van der Waals surface area contributed by atoms with Crippen LogP contribution in [0.1, 0.15) is 67.5 Å². The number of carboxylic acids is 1. The average Bonchev–Trinajstić information content (AvgIpc) is 3.09. The molecule has 0 N–H and O–H groups in total. The van der Waals surface area contributed by atoms with Gasteiger partial charge in [0.15, 0.2) is 17.2 Å². The Hall–Kier alpha value is -4.28. The maximum absolute atomic E-state index is 13.8. The number of nitrogens with zero attached hydrogens (tertiary/aromatic N) is 4. The second-order valence-electron chi connectivity index (χ2n) is 11.8. The largest absolute Gasteiger partial charge is 1.00 e. The molecule has 0 amide bonds. The van der Waals surface area contributed by atoms with E-state index in [1.54, 1.807) is 25.1 Å². The quantitative estimate of drug-likeness (QED) is 0.0934. The van der Waals surface area contributed by atoms with Crippen LogP contribution in [0.15, 0.2) is 54.9 Å². The molecule has 53 heavy (non-hydrogen) atoms. The monoisotopic (exact) mass is 758 g/mol. The molecular weight excluding hydrogens is 721 g/mol. The molecule has 0 aliphatic rings. The average molecular weight is 759 g/mol. The van der Waals surface area contributed by atoms with E-state index in [0.29, 0.717) is 52.8 Å². The van der Waals surface area contributed by atoms with Gasteiger partial charge in [0, 0.05) is 30.3 Å². The molecule has 2 aromatic heterocycles. The van der Waals surface area contributed by atoms with Crippen molar-refractivity contribution in [1.29, 1.82) is 0 Å². The van der Waals surface area contributed by atoms with E-state index in [2.05, 4.69) is 9.97 Å². The zero-order valence-corrected chi connectivity index (χ0v) is 32.0. The van der Waals surface area contributed by atoms with Gasteiger partial charge in [0.05, 0.1) is 51.0 Å². The van der Waals surface area contributed by atoms with Crippen molar-refractivity contribution in [3.05, 3.63) is 82.8 Å². The molecule has 0 aliphatic heterocycles. The van der Waals surface area contributed by atoms with Crippen molar-refractivity contribution in [3.8, 4) is 34.3 Å². The molecule has 0 bridgehead atoms. The topological polar surface area (TPSA) is 119 Å². The van der Waals surface area contributed by atoms with Gasteiger partial charge in [-0.15, -0.1) is 0 Å². The molecule has 4 rings (SSSR count). The number of anilines is 1. The summed E-state index contributed by atoms with van der Waals surface area (Å²) in [5, 5.41) is 10.7. The minimum absolute atomic E-state index is 0. The summed E-state index contributed by atoms with van der Waals surface area (Å²) in [5.41, 5.74) is -1.14. The minimum Gasteiger partial charge on any atom is -0.550 e. The van der Waals surface area contributed by atoms with Gasteiger partial charge in [0.2, 0.25) is 5.95 Å². The second kappa shape index (κ2) is 18.7. The number of hydrogen-bond acceptors (Lipinski definition) is 10. The molecule has 10 nitrogen and oxygen atoms in total. The Morgan fingerprint density at radius 3 is 1.98 bits per heavy atom. The molecule has 0 fully saturated rings. The summed E-state index contributed by atoms with van der Waals surface area (Å²) in [6.45, 7) is 5.37. The zero-order valence-electron chi connectivity index (χ0n) is 30.0. The first-order valence-electron chi connectivity index (χ1n) is 16.1. The molecule has 0 radical (unpaired) electrons. The zero-order chi connectivity index (χ0) is 38.2. The van der Waals surface area contributed by atoms with Gasteiger partial charge < -0.3 is 33.7 Å². The van der Waals surface area contributed by atoms with Crippen molar-refractivity contribution in [2.24, 2.45) is 0 Å². The van der Waals surface area contributed by atoms with E-state index < -0.39 is 36.0 Å². The number of halogens is 6. The molecule has 2 heterocycles. The summed E-state index contributed by atoms with van der Waals surface area (Å²) in [5.74, 6) is -0.0895. The van der Waals surface area contributed by atoms with Crippen LogP contribution in [0.2, 0.25) is 0 Å². The van der Waals surface area contributed by atoms with Crippen LogP contribution in [-0.2, 0) is 30.2 Å². The molecule has 0 aliphatic carbocycles. The van der Waals surface area contributed by atoms with E-state index in [4.69, 9.17) is 23.9 Å². The summed E-state index contributed by atoms with van der Waals surface area (Å²) in [6, 6.07) is 8.25. The summed E-state index contributed by atoms with van der Waals surface area (Å²) >= 11 is 0. The first kappa shape index (κ1) is 43.1. The van der Waals surface area contributed by atoms with E-state index >= 15 is 0 Å². The van der Waals surface area contributed by atoms with Crippen LogP contribution in [0.25, 0.3) is 11.3 Å². The first-order valence-corrected chi connectivity index (χ1v) is 16.1. The fourth-order valence-corrected chi connectivity index (χ4v) is 5.21. The van der Waals surface area contributed by atoms with Crippen molar-refractivity contribution in [2.75, 3.05) is 32.3 Å². The van der Waals surface area contributed by atoms with Crippen molar-refractivity contribution in [3.63, 3.8) is 0 Å². The summed E-state index contributed by atoms with van der Waals surface area (Å²) < 4.78 is 106. The molecule has 17 heteroatoms. The number of aliphatic carboxylic acids is 1. The van der Waals surface area contributed by atoms with Gasteiger partial charge in [-0.2, -0.15) is 26.3 Å². The van der Waals surface area contributed by atoms with E-state index in [1.807, 2.05) is 19.9 Å². The van der Waals surface area contributed by atoms with E-state index in [-0.39, 0.29) is 84.8 Å². The Morgan fingerprint density at radius 1 is 0.849 bits per heavy atom. The Balaban J connectivity index is 0.00000756. The first-order chi connectivity index (χ1) is 24.5. The predicted octanol–water partition coefficient (Wildman–Crippen LogP) is 4.24. The third-order valence-corrected chi connectivity index (χ3v) is 7.71. The third kappa shape index (κ3) is 11.6. The van der Waals surface area contributed by atoms with Crippen LogP contribution in [0.4, 0.5) is 32.3 Å². The number of carboxylic acid groups (broad SMARTS) is 1. The molecular formula is C36H37F6N4NaO6. The standard InChI is InChI=1S/C36H38F6N4O6.Na/c1-6-51-29-10-9-28(21(2)3)45-33(29)27-16-31(50-5)30(49-4)14-23(27)20-46(34-43-17-26(18-44-34)52-11-7-8-32(47)48)19-22-12-24(35(37,38)39)15-25(13-22)36(40,41)42;/h9-10,12-18,21H,6-8,11,19-20H2,1-5H3,(H,47,48);/q;+1/p-1. The number of aromatic nitrogens is 3. The molecule has 0 unspecified atom stereocenters. The number of rotatable bonds is 16. The Bertz CT molecular complexity index is 1810. The van der Waals surface area contributed by atoms with Gasteiger partial charge >= 0.3 is 41.9 Å². The van der Waals surface area contributed by atoms with E-state index in [1.165, 1.54) is 31.5 Å². The van der Waals surface area contributed by atoms with Gasteiger partial charge in [-0.3, -0.25) is 0 Å². The normalized spacial score (nSPS) is 11.5. The number of ether oxygens (including phenoxy) is 4. The molecule has 0 spiro atoms. The van der Waals surface area contributed by atoms with Crippen LogP contribution < -0.4 is 58.5 Å². The third-order valence-electron chi connectivity index (χ3n) is 7.71. The molecule has 280 valence electrons. The number of pyridine rings is 1. The maximum atomic E-state index is 13.8. The smallest absolute Gasteiger partial charge is 0.550 e. The molecule has 0 saturated heterocycles. The van der Waals surface area contributed by atoms with Crippen molar-refractivity contribution >= 4 is 11.9 Å². The molecule has 0 atom stereocenters. The van der Waals surface area contributed by atoms with Gasteiger partial charge in [-0.25, -0.2) is 15.0 Å². The number of methoxy groups -OCH3 is 2. The number of carbonyl (C=O) groups is 1. The van der Waals surface area contributed by atoms with Crippen LogP contribution in [0.3, 0.4) is 0 Å². The second-order valence-corrected chi connectivity index (χ2v) is 11.8. The molecule has 0 saturated carbocycles. The van der Waals surface area contributed by atoms with Crippen LogP contribution >= 0.6 is 0 Å². The number of hydrogen-bond donors (Lipinski definition) is 0. The van der Waals surface area contributed by atoms with Crippen molar-refractivity contribution in [2.45, 2.75) is 65.0 Å². The molecule has 4 aromatic rings. The van der Waals surface area contributed by atoms with Crippen molar-refractivity contribution < 1.29 is 84.7 Å². The minimum atomic E-state index is -5.06. The fraction of sp³-hybridized carbons (Fsp3) is 0.389. The summed E-state index contributed by atoms with van der Waals surface area (Å²) in [6.07, 6.45) is -7.70. The van der Waals surface area contributed by atoms with Crippen LogP contribution in [0.5, 0.6) is 23.0 Å². The van der Waals surface area contributed by atoms with Crippen molar-refractivity contribution in [1.82, 2.24) is 15.0 Å². The number of carbonyl (C=O) groups excluding carboxylic acids is 1. The van der Waals surface area contributed by atoms with Gasteiger partial charge in [-0.1, -0.05) is 13.8 Å². The maximum Gasteiger partial charge on any atom is 1.00 e. The number of benzene rings is 2. The van der Waals surface area contributed by atoms with Gasteiger partial charge in [0.1, 0.15) is 11.4 Å². The SMILES string of the molecule is CCOc1ccc(C(C)C)nc1-c1cc(OC)c(OC)cc1CN(Cc1cc(C(F)(F)F)cc(C(F)(F)F)c1)c1ncc(OCCCC(=O)[O-])cn1.[Na+]. The predicted molar refractivity (Wildman–Crippen MR) is 176 cm³/mol. The summed E-state index contributed by atoms with van der Waals surface area (Å²) in [7, 11) is 2.86. The van der Waals surface area contributed by atoms with Gasteiger partial charge in [-0.05, 0) is 79.3 Å². The van der Waals surface area contributed by atoms with Crippen LogP contribution in [-0.4, -0.2) is 48.4 Å². The van der Waals surface area contributed by atoms with E-state index in [9.17, 15) is 36.2 Å². The Labute approximate surface area is 324 Å². The number of alkyl halides is 6.